The predicted molar refractivity (Wildman–Crippen MR) is 108 cm³/mol. The Hall–Kier alpha value is -2.09. The molecule has 27 heavy (non-hydrogen) atoms. The number of anilines is 1. The molecule has 0 atom stereocenters. The number of sulfonamides is 1. The van der Waals surface area contributed by atoms with Crippen molar-refractivity contribution in [3.8, 4) is 5.75 Å². The van der Waals surface area contributed by atoms with Gasteiger partial charge in [-0.05, 0) is 55.4 Å². The van der Waals surface area contributed by atoms with Crippen LogP contribution in [0.3, 0.4) is 0 Å². The van der Waals surface area contributed by atoms with Crippen molar-refractivity contribution < 1.29 is 13.2 Å². The fraction of sp³-hybridized carbons (Fsp3) is 0.400. The van der Waals surface area contributed by atoms with E-state index in [1.807, 2.05) is 12.1 Å². The predicted octanol–water partition coefficient (Wildman–Crippen LogP) is 2.23. The molecule has 0 radical (unpaired) electrons. The summed E-state index contributed by atoms with van der Waals surface area (Å²) in [5.41, 5.74) is 2.77. The van der Waals surface area contributed by atoms with Crippen LogP contribution in [0.2, 0.25) is 0 Å². The van der Waals surface area contributed by atoms with Crippen molar-refractivity contribution in [3.63, 3.8) is 0 Å². The Morgan fingerprint density at radius 1 is 1.04 bits per heavy atom. The van der Waals surface area contributed by atoms with Crippen LogP contribution in [0.25, 0.3) is 0 Å². The van der Waals surface area contributed by atoms with E-state index < -0.39 is 10.0 Å². The third kappa shape index (κ3) is 4.80. The van der Waals surface area contributed by atoms with Crippen molar-refractivity contribution in [2.24, 2.45) is 0 Å². The van der Waals surface area contributed by atoms with Crippen molar-refractivity contribution in [2.75, 3.05) is 45.2 Å². The number of ether oxygens (including phenoxy) is 1. The lowest BCUT2D eigenvalue weighted by Crippen LogP contribution is -2.44. The lowest BCUT2D eigenvalue weighted by Gasteiger charge is -2.34. The first kappa shape index (κ1) is 19.7. The standard InChI is InChI=1S/C20H27N3O3S/c1-16-14-19(26-3)8-9-20(16)27(24,25)21-15-17-4-6-18(7-5-17)23-12-10-22(2)11-13-23/h4-9,14,21H,10-13,15H2,1-3H3. The molecule has 2 aromatic carbocycles. The highest BCUT2D eigenvalue weighted by atomic mass is 32.2. The second kappa shape index (κ2) is 8.29. The Kier molecular flexibility index (Phi) is 6.04. The summed E-state index contributed by atoms with van der Waals surface area (Å²) in [6.45, 7) is 6.17. The van der Waals surface area contributed by atoms with Crippen molar-refractivity contribution in [1.82, 2.24) is 9.62 Å². The highest BCUT2D eigenvalue weighted by Crippen LogP contribution is 2.21. The number of benzene rings is 2. The van der Waals surface area contributed by atoms with E-state index in [2.05, 4.69) is 33.7 Å². The van der Waals surface area contributed by atoms with E-state index in [1.165, 1.54) is 5.69 Å². The molecule has 1 saturated heterocycles. The molecule has 1 fully saturated rings. The van der Waals surface area contributed by atoms with Crippen LogP contribution in [0.15, 0.2) is 47.4 Å². The number of nitrogens with zero attached hydrogens (tertiary/aromatic N) is 2. The third-order valence-electron chi connectivity index (χ3n) is 4.94. The van der Waals surface area contributed by atoms with Gasteiger partial charge >= 0.3 is 0 Å². The summed E-state index contributed by atoms with van der Waals surface area (Å²) in [7, 11) is 0.126. The maximum Gasteiger partial charge on any atom is 0.241 e. The van der Waals surface area contributed by atoms with Gasteiger partial charge in [0.05, 0.1) is 12.0 Å². The number of rotatable bonds is 6. The first-order valence-corrected chi connectivity index (χ1v) is 10.5. The SMILES string of the molecule is COc1ccc(S(=O)(=O)NCc2ccc(N3CCN(C)CC3)cc2)c(C)c1. The molecule has 0 spiro atoms. The van der Waals surface area contributed by atoms with Crippen LogP contribution < -0.4 is 14.4 Å². The first-order valence-electron chi connectivity index (χ1n) is 9.06. The Balaban J connectivity index is 1.64. The molecule has 1 N–H and O–H groups in total. The maximum absolute atomic E-state index is 12.6. The second-order valence-electron chi connectivity index (χ2n) is 6.91. The molecule has 0 saturated carbocycles. The van der Waals surface area contributed by atoms with Crippen molar-refractivity contribution >= 4 is 15.7 Å². The van der Waals surface area contributed by atoms with Gasteiger partial charge in [-0.1, -0.05) is 12.1 Å². The zero-order valence-corrected chi connectivity index (χ0v) is 16.9. The van der Waals surface area contributed by atoms with E-state index in [1.54, 1.807) is 32.2 Å². The number of hydrogen-bond acceptors (Lipinski definition) is 5. The molecule has 0 aromatic heterocycles. The van der Waals surface area contributed by atoms with Crippen molar-refractivity contribution in [3.05, 3.63) is 53.6 Å². The molecular formula is C20H27N3O3S. The van der Waals surface area contributed by atoms with Crippen LogP contribution in [0.4, 0.5) is 5.69 Å². The molecule has 1 aliphatic rings. The zero-order chi connectivity index (χ0) is 19.4. The van der Waals surface area contributed by atoms with E-state index >= 15 is 0 Å². The summed E-state index contributed by atoms with van der Waals surface area (Å²) in [4.78, 5) is 4.95. The number of nitrogens with one attached hydrogen (secondary N) is 1. The van der Waals surface area contributed by atoms with Crippen LogP contribution in [0, 0.1) is 6.92 Å². The lowest BCUT2D eigenvalue weighted by molar-refractivity contribution is 0.313. The van der Waals surface area contributed by atoms with Gasteiger partial charge in [0.15, 0.2) is 0 Å². The lowest BCUT2D eigenvalue weighted by atomic mass is 10.2. The van der Waals surface area contributed by atoms with E-state index in [4.69, 9.17) is 4.74 Å². The number of likely N-dealkylation sites (N-methyl/N-ethyl adjacent to an activating group) is 1. The molecule has 7 heteroatoms. The van der Waals surface area contributed by atoms with Gasteiger partial charge in [-0.15, -0.1) is 0 Å². The summed E-state index contributed by atoms with van der Waals surface area (Å²) < 4.78 is 33.0. The quantitative estimate of drug-likeness (QED) is 0.821. The van der Waals surface area contributed by atoms with Gasteiger partial charge in [0, 0.05) is 38.4 Å². The molecule has 6 nitrogen and oxygen atoms in total. The van der Waals surface area contributed by atoms with Crippen molar-refractivity contribution in [2.45, 2.75) is 18.4 Å². The summed E-state index contributed by atoms with van der Waals surface area (Å²) >= 11 is 0. The molecule has 2 aromatic rings. The van der Waals surface area contributed by atoms with Crippen molar-refractivity contribution in [1.29, 1.82) is 0 Å². The number of piperazine rings is 1. The molecule has 1 aliphatic heterocycles. The largest absolute Gasteiger partial charge is 0.497 e. The van der Waals surface area contributed by atoms with Crippen LogP contribution in [0.5, 0.6) is 5.75 Å². The third-order valence-corrected chi connectivity index (χ3v) is 6.50. The minimum absolute atomic E-state index is 0.261. The minimum Gasteiger partial charge on any atom is -0.497 e. The van der Waals surface area contributed by atoms with Gasteiger partial charge in [0.25, 0.3) is 0 Å². The number of hydrogen-bond donors (Lipinski definition) is 1. The van der Waals surface area contributed by atoms with Gasteiger partial charge in [-0.25, -0.2) is 13.1 Å². The molecule has 0 bridgehead atoms. The van der Waals surface area contributed by atoms with Gasteiger partial charge in [0.1, 0.15) is 5.75 Å². The van der Waals surface area contributed by atoms with E-state index in [-0.39, 0.29) is 11.4 Å². The van der Waals surface area contributed by atoms with Crippen LogP contribution in [-0.4, -0.2) is 53.7 Å². The fourth-order valence-corrected chi connectivity index (χ4v) is 4.44. The minimum atomic E-state index is -3.57. The van der Waals surface area contributed by atoms with E-state index in [0.29, 0.717) is 11.3 Å². The summed E-state index contributed by atoms with van der Waals surface area (Å²) in [6.07, 6.45) is 0. The molecule has 3 rings (SSSR count). The average molecular weight is 390 g/mol. The second-order valence-corrected chi connectivity index (χ2v) is 8.65. The molecule has 0 amide bonds. The van der Waals surface area contributed by atoms with Crippen LogP contribution in [0.1, 0.15) is 11.1 Å². The average Bonchev–Trinajstić information content (AvgIpc) is 2.67. The Morgan fingerprint density at radius 2 is 1.70 bits per heavy atom. The monoisotopic (exact) mass is 389 g/mol. The van der Waals surface area contributed by atoms with E-state index in [9.17, 15) is 8.42 Å². The fourth-order valence-electron chi connectivity index (χ4n) is 3.20. The normalized spacial score (nSPS) is 15.7. The molecule has 146 valence electrons. The highest BCUT2D eigenvalue weighted by Gasteiger charge is 2.17. The molecular weight excluding hydrogens is 362 g/mol. The Bertz CT molecular complexity index is 874. The maximum atomic E-state index is 12.6. The van der Waals surface area contributed by atoms with E-state index in [0.717, 1.165) is 31.7 Å². The summed E-state index contributed by atoms with van der Waals surface area (Å²) in [6, 6.07) is 13.0. The van der Waals surface area contributed by atoms with Gasteiger partial charge in [-0.2, -0.15) is 0 Å². The number of aryl methyl sites for hydroxylation is 1. The van der Waals surface area contributed by atoms with Crippen LogP contribution >= 0.6 is 0 Å². The topological polar surface area (TPSA) is 61.9 Å². The summed E-state index contributed by atoms with van der Waals surface area (Å²) in [5.74, 6) is 0.644. The molecule has 1 heterocycles. The molecule has 0 unspecified atom stereocenters. The molecule has 0 aliphatic carbocycles. The highest BCUT2D eigenvalue weighted by molar-refractivity contribution is 7.89. The van der Waals surface area contributed by atoms with Gasteiger partial charge < -0.3 is 14.5 Å². The van der Waals surface area contributed by atoms with Crippen LogP contribution in [-0.2, 0) is 16.6 Å². The smallest absolute Gasteiger partial charge is 0.241 e. The number of methoxy groups -OCH3 is 1. The zero-order valence-electron chi connectivity index (χ0n) is 16.1. The Morgan fingerprint density at radius 3 is 2.30 bits per heavy atom. The first-order chi connectivity index (χ1) is 12.9. The van der Waals surface area contributed by atoms with Gasteiger partial charge in [0.2, 0.25) is 10.0 Å². The van der Waals surface area contributed by atoms with Gasteiger partial charge in [-0.3, -0.25) is 0 Å². The summed E-state index contributed by atoms with van der Waals surface area (Å²) in [5, 5.41) is 0. The Labute approximate surface area is 161 Å².